The minimum Gasteiger partial charge on any atom is -0.278 e. The number of rotatable bonds is 4. The van der Waals surface area contributed by atoms with Gasteiger partial charge in [-0.1, -0.05) is 78.9 Å². The third-order valence-corrected chi connectivity index (χ3v) is 3.21. The highest BCUT2D eigenvalue weighted by atomic mass is 15.3. The van der Waals surface area contributed by atoms with Gasteiger partial charge in [-0.25, -0.2) is 0 Å². The van der Waals surface area contributed by atoms with Gasteiger partial charge in [-0.05, 0) is 17.2 Å². The zero-order valence-corrected chi connectivity index (χ0v) is 11.6. The molecule has 0 fully saturated rings. The molecule has 3 rings (SSSR count). The van der Waals surface area contributed by atoms with Crippen molar-refractivity contribution in [2.24, 2.45) is 5.10 Å². The summed E-state index contributed by atoms with van der Waals surface area (Å²) in [7, 11) is 0. The third kappa shape index (κ3) is 3.37. The van der Waals surface area contributed by atoms with Gasteiger partial charge in [0.25, 0.3) is 0 Å². The van der Waals surface area contributed by atoms with E-state index in [0.29, 0.717) is 0 Å². The van der Waals surface area contributed by atoms with Crippen LogP contribution >= 0.6 is 0 Å². The molecule has 0 heterocycles. The van der Waals surface area contributed by atoms with E-state index in [0.717, 1.165) is 16.8 Å². The van der Waals surface area contributed by atoms with Crippen LogP contribution in [-0.2, 0) is 0 Å². The van der Waals surface area contributed by atoms with Gasteiger partial charge in [0.1, 0.15) is 0 Å². The van der Waals surface area contributed by atoms with Gasteiger partial charge in [0.05, 0.1) is 11.9 Å². The number of benzene rings is 3. The quantitative estimate of drug-likeness (QED) is 0.535. The molecule has 0 atom stereocenters. The van der Waals surface area contributed by atoms with E-state index < -0.39 is 0 Å². The van der Waals surface area contributed by atoms with Crippen LogP contribution < -0.4 is 5.43 Å². The Morgan fingerprint density at radius 1 is 0.667 bits per heavy atom. The molecule has 0 aliphatic heterocycles. The Bertz CT molecular complexity index is 719. The lowest BCUT2D eigenvalue weighted by Crippen LogP contribution is -1.93. The van der Waals surface area contributed by atoms with E-state index in [2.05, 4.69) is 28.7 Å². The molecule has 0 saturated carbocycles. The molecule has 0 amide bonds. The van der Waals surface area contributed by atoms with Crippen molar-refractivity contribution in [3.8, 4) is 11.1 Å². The van der Waals surface area contributed by atoms with Gasteiger partial charge in [-0.2, -0.15) is 5.10 Å². The Morgan fingerprint density at radius 3 is 2.05 bits per heavy atom. The fourth-order valence-electron chi connectivity index (χ4n) is 2.17. The molecule has 2 nitrogen and oxygen atoms in total. The van der Waals surface area contributed by atoms with Crippen LogP contribution in [0.15, 0.2) is 90.0 Å². The number of nitrogens with one attached hydrogen (secondary N) is 1. The Morgan fingerprint density at radius 2 is 1.29 bits per heavy atom. The van der Waals surface area contributed by atoms with Gasteiger partial charge in [-0.15, -0.1) is 0 Å². The first-order chi connectivity index (χ1) is 10.4. The average Bonchev–Trinajstić information content (AvgIpc) is 2.57. The SMILES string of the molecule is C(=N\Nc1ccccc1-c1ccccc1)/c1ccccc1. The lowest BCUT2D eigenvalue weighted by atomic mass is 10.0. The van der Waals surface area contributed by atoms with Crippen molar-refractivity contribution >= 4 is 11.9 Å². The topological polar surface area (TPSA) is 24.4 Å². The van der Waals surface area contributed by atoms with Gasteiger partial charge >= 0.3 is 0 Å². The molecule has 0 unspecified atom stereocenters. The second-order valence-electron chi connectivity index (χ2n) is 4.69. The Kier molecular flexibility index (Phi) is 4.08. The Labute approximate surface area is 124 Å². The van der Waals surface area contributed by atoms with Crippen LogP contribution in [0.5, 0.6) is 0 Å². The number of nitrogens with zero attached hydrogens (tertiary/aromatic N) is 1. The molecule has 1 N–H and O–H groups in total. The predicted molar refractivity (Wildman–Crippen MR) is 89.5 cm³/mol. The molecule has 0 aromatic heterocycles. The summed E-state index contributed by atoms with van der Waals surface area (Å²) in [5.74, 6) is 0. The lowest BCUT2D eigenvalue weighted by molar-refractivity contribution is 1.35. The van der Waals surface area contributed by atoms with Crippen molar-refractivity contribution in [3.63, 3.8) is 0 Å². The monoisotopic (exact) mass is 272 g/mol. The Hall–Kier alpha value is -2.87. The second kappa shape index (κ2) is 6.53. The molecular formula is C19H16N2. The number of anilines is 1. The third-order valence-electron chi connectivity index (χ3n) is 3.21. The maximum Gasteiger partial charge on any atom is 0.0640 e. The molecule has 0 radical (unpaired) electrons. The number of hydrazone groups is 1. The van der Waals surface area contributed by atoms with Gasteiger partial charge in [-0.3, -0.25) is 5.43 Å². The minimum atomic E-state index is 0.996. The zero-order chi connectivity index (χ0) is 14.3. The van der Waals surface area contributed by atoms with E-state index in [4.69, 9.17) is 0 Å². The van der Waals surface area contributed by atoms with Crippen LogP contribution in [0.4, 0.5) is 5.69 Å². The standard InChI is InChI=1S/C19H16N2/c1-3-9-16(10-4-1)15-20-21-19-14-8-7-13-18(19)17-11-5-2-6-12-17/h1-15,21H/b20-15+. The largest absolute Gasteiger partial charge is 0.278 e. The predicted octanol–water partition coefficient (Wildman–Crippen LogP) is 4.80. The van der Waals surface area contributed by atoms with Crippen molar-refractivity contribution in [1.29, 1.82) is 0 Å². The average molecular weight is 272 g/mol. The number of hydrogen-bond donors (Lipinski definition) is 1. The van der Waals surface area contributed by atoms with Crippen LogP contribution in [0.25, 0.3) is 11.1 Å². The molecular weight excluding hydrogens is 256 g/mol. The molecule has 0 spiro atoms. The van der Waals surface area contributed by atoms with Crippen molar-refractivity contribution in [2.75, 3.05) is 5.43 Å². The summed E-state index contributed by atoms with van der Waals surface area (Å²) in [6.45, 7) is 0. The minimum absolute atomic E-state index is 0.996. The summed E-state index contributed by atoms with van der Waals surface area (Å²) >= 11 is 0. The van der Waals surface area contributed by atoms with E-state index in [1.54, 1.807) is 0 Å². The van der Waals surface area contributed by atoms with Crippen molar-refractivity contribution < 1.29 is 0 Å². The first kappa shape index (κ1) is 13.1. The second-order valence-corrected chi connectivity index (χ2v) is 4.69. The molecule has 0 aliphatic rings. The van der Waals surface area contributed by atoms with E-state index in [9.17, 15) is 0 Å². The van der Waals surface area contributed by atoms with E-state index in [1.807, 2.05) is 72.9 Å². The normalized spacial score (nSPS) is 10.7. The molecule has 102 valence electrons. The first-order valence-corrected chi connectivity index (χ1v) is 6.92. The number of hydrogen-bond acceptors (Lipinski definition) is 2. The summed E-state index contributed by atoms with van der Waals surface area (Å²) in [6, 6.07) is 28.5. The van der Waals surface area contributed by atoms with Gasteiger partial charge in [0, 0.05) is 5.56 Å². The molecule has 2 heteroatoms. The molecule has 21 heavy (non-hydrogen) atoms. The molecule has 0 bridgehead atoms. The van der Waals surface area contributed by atoms with Crippen LogP contribution in [0, 0.1) is 0 Å². The molecule has 0 aliphatic carbocycles. The summed E-state index contributed by atoms with van der Waals surface area (Å²) in [5.41, 5.74) is 7.52. The highest BCUT2D eigenvalue weighted by Crippen LogP contribution is 2.27. The Balaban J connectivity index is 1.82. The van der Waals surface area contributed by atoms with Crippen LogP contribution in [0.2, 0.25) is 0 Å². The molecule has 0 saturated heterocycles. The lowest BCUT2D eigenvalue weighted by Gasteiger charge is -2.08. The maximum atomic E-state index is 4.32. The first-order valence-electron chi connectivity index (χ1n) is 6.92. The fraction of sp³-hybridized carbons (Fsp3) is 0. The zero-order valence-electron chi connectivity index (χ0n) is 11.6. The highest BCUT2D eigenvalue weighted by molar-refractivity contribution is 5.82. The van der Waals surface area contributed by atoms with Gasteiger partial charge in [0.15, 0.2) is 0 Å². The van der Waals surface area contributed by atoms with Crippen LogP contribution in [0.3, 0.4) is 0 Å². The molecule has 3 aromatic rings. The summed E-state index contributed by atoms with van der Waals surface area (Å²) in [6.07, 6.45) is 1.82. The number of para-hydroxylation sites is 1. The summed E-state index contributed by atoms with van der Waals surface area (Å²) < 4.78 is 0. The highest BCUT2D eigenvalue weighted by Gasteiger charge is 2.02. The van der Waals surface area contributed by atoms with E-state index in [-0.39, 0.29) is 0 Å². The van der Waals surface area contributed by atoms with E-state index in [1.165, 1.54) is 5.56 Å². The van der Waals surface area contributed by atoms with E-state index >= 15 is 0 Å². The fourth-order valence-corrected chi connectivity index (χ4v) is 2.17. The smallest absolute Gasteiger partial charge is 0.0640 e. The summed E-state index contributed by atoms with van der Waals surface area (Å²) in [5, 5.41) is 4.32. The van der Waals surface area contributed by atoms with Gasteiger partial charge in [0.2, 0.25) is 0 Å². The molecule has 3 aromatic carbocycles. The summed E-state index contributed by atoms with van der Waals surface area (Å²) in [4.78, 5) is 0. The van der Waals surface area contributed by atoms with Crippen molar-refractivity contribution in [2.45, 2.75) is 0 Å². The van der Waals surface area contributed by atoms with Crippen LogP contribution in [-0.4, -0.2) is 6.21 Å². The van der Waals surface area contributed by atoms with Crippen molar-refractivity contribution in [1.82, 2.24) is 0 Å². The maximum absolute atomic E-state index is 4.32. The van der Waals surface area contributed by atoms with Crippen molar-refractivity contribution in [3.05, 3.63) is 90.5 Å². The van der Waals surface area contributed by atoms with Gasteiger partial charge < -0.3 is 0 Å². The van der Waals surface area contributed by atoms with Crippen LogP contribution in [0.1, 0.15) is 5.56 Å².